The number of hydrogen-bond acceptors (Lipinski definition) is 3. The average molecular weight is 319 g/mol. The van der Waals surface area contributed by atoms with Crippen LogP contribution in [-0.4, -0.2) is 5.78 Å². The molecule has 0 aliphatic carbocycles. The van der Waals surface area contributed by atoms with Gasteiger partial charge in [-0.25, -0.2) is 0 Å². The second-order valence-corrected chi connectivity index (χ2v) is 6.59. The van der Waals surface area contributed by atoms with E-state index in [1.807, 2.05) is 60.7 Å². The van der Waals surface area contributed by atoms with E-state index in [0.717, 1.165) is 16.9 Å². The molecule has 24 heavy (non-hydrogen) atoms. The van der Waals surface area contributed by atoms with Crippen LogP contribution in [0.25, 0.3) is 6.08 Å². The van der Waals surface area contributed by atoms with Crippen molar-refractivity contribution in [3.63, 3.8) is 0 Å². The number of carbonyl (C=O) groups is 1. The van der Waals surface area contributed by atoms with E-state index in [4.69, 9.17) is 4.74 Å². The van der Waals surface area contributed by atoms with E-state index in [1.54, 1.807) is 26.8 Å². The van der Waals surface area contributed by atoms with Crippen LogP contribution in [0.4, 0.5) is 0 Å². The molecule has 2 aromatic carbocycles. The van der Waals surface area contributed by atoms with Crippen molar-refractivity contribution in [2.24, 2.45) is 5.41 Å². The van der Waals surface area contributed by atoms with E-state index in [2.05, 4.69) is 0 Å². The van der Waals surface area contributed by atoms with Crippen LogP contribution in [0.5, 0.6) is 5.75 Å². The topological polar surface area (TPSA) is 50.1 Å². The fourth-order valence-corrected chi connectivity index (χ4v) is 2.12. The Bertz CT molecular complexity index is 760. The number of benzene rings is 2. The molecule has 3 nitrogen and oxygen atoms in total. The fraction of sp³-hybridized carbons (Fsp3) is 0.238. The van der Waals surface area contributed by atoms with Crippen molar-refractivity contribution in [3.8, 4) is 11.8 Å². The molecule has 2 aromatic rings. The first kappa shape index (κ1) is 17.5. The predicted octanol–water partition coefficient (Wildman–Crippen LogP) is 4.79. The first-order chi connectivity index (χ1) is 11.4. The minimum atomic E-state index is -0.569. The van der Waals surface area contributed by atoms with Gasteiger partial charge in [-0.1, -0.05) is 63.2 Å². The van der Waals surface area contributed by atoms with Crippen LogP contribution >= 0.6 is 0 Å². The number of Topliss-reactive ketones (excluding diaryl/α,β-unsaturated/α-hetero) is 1. The summed E-state index contributed by atoms with van der Waals surface area (Å²) in [5.74, 6) is 0.589. The third-order valence-electron chi connectivity index (χ3n) is 3.49. The minimum Gasteiger partial charge on any atom is -0.489 e. The Hall–Kier alpha value is -2.86. The quantitative estimate of drug-likeness (QED) is 0.588. The highest BCUT2D eigenvalue weighted by atomic mass is 16.5. The number of allylic oxidation sites excluding steroid dienone is 1. The number of rotatable bonds is 5. The zero-order chi connectivity index (χ0) is 17.6. The Morgan fingerprint density at radius 3 is 2.25 bits per heavy atom. The monoisotopic (exact) mass is 319 g/mol. The maximum absolute atomic E-state index is 12.2. The molecule has 0 amide bonds. The Morgan fingerprint density at radius 1 is 1.08 bits per heavy atom. The summed E-state index contributed by atoms with van der Waals surface area (Å²) in [5.41, 5.74) is 1.50. The molecule has 0 radical (unpaired) electrons. The summed E-state index contributed by atoms with van der Waals surface area (Å²) in [6.45, 7) is 5.92. The Morgan fingerprint density at radius 2 is 1.71 bits per heavy atom. The number of carbonyl (C=O) groups excluding carboxylic acids is 1. The highest BCUT2D eigenvalue weighted by molar-refractivity contribution is 6.06. The molecular formula is C21H21NO2. The van der Waals surface area contributed by atoms with Crippen LogP contribution in [0.2, 0.25) is 0 Å². The maximum atomic E-state index is 12.2. The molecule has 0 saturated carbocycles. The van der Waals surface area contributed by atoms with Gasteiger partial charge in [0.15, 0.2) is 5.78 Å². The van der Waals surface area contributed by atoms with Gasteiger partial charge in [-0.05, 0) is 29.3 Å². The summed E-state index contributed by atoms with van der Waals surface area (Å²) in [4.78, 5) is 12.2. The summed E-state index contributed by atoms with van der Waals surface area (Å²) in [7, 11) is 0. The van der Waals surface area contributed by atoms with E-state index in [-0.39, 0.29) is 11.4 Å². The molecule has 0 aliphatic rings. The molecule has 0 bridgehead atoms. The van der Waals surface area contributed by atoms with Gasteiger partial charge in [0, 0.05) is 5.41 Å². The molecule has 0 saturated heterocycles. The number of nitriles is 1. The summed E-state index contributed by atoms with van der Waals surface area (Å²) in [6, 6.07) is 19.3. The van der Waals surface area contributed by atoms with Gasteiger partial charge in [0.25, 0.3) is 0 Å². The van der Waals surface area contributed by atoms with E-state index < -0.39 is 5.41 Å². The highest BCUT2D eigenvalue weighted by Gasteiger charge is 2.24. The van der Waals surface area contributed by atoms with Crippen LogP contribution in [0.15, 0.2) is 60.2 Å². The summed E-state index contributed by atoms with van der Waals surface area (Å²) < 4.78 is 5.73. The lowest BCUT2D eigenvalue weighted by Crippen LogP contribution is -2.21. The van der Waals surface area contributed by atoms with Gasteiger partial charge in [-0.2, -0.15) is 5.26 Å². The van der Waals surface area contributed by atoms with Crippen molar-refractivity contribution in [3.05, 3.63) is 71.3 Å². The Labute approximate surface area is 143 Å². The average Bonchev–Trinajstić information content (AvgIpc) is 2.58. The molecule has 3 heteroatoms. The van der Waals surface area contributed by atoms with Gasteiger partial charge in [0.2, 0.25) is 0 Å². The lowest BCUT2D eigenvalue weighted by atomic mass is 9.86. The van der Waals surface area contributed by atoms with Crippen LogP contribution < -0.4 is 4.74 Å². The third kappa shape index (κ3) is 4.82. The first-order valence-electron chi connectivity index (χ1n) is 7.83. The first-order valence-corrected chi connectivity index (χ1v) is 7.83. The van der Waals surface area contributed by atoms with Gasteiger partial charge in [0.05, 0.1) is 5.57 Å². The van der Waals surface area contributed by atoms with E-state index in [0.29, 0.717) is 6.61 Å². The van der Waals surface area contributed by atoms with Crippen LogP contribution in [0, 0.1) is 16.7 Å². The minimum absolute atomic E-state index is 0.158. The molecular weight excluding hydrogens is 298 g/mol. The van der Waals surface area contributed by atoms with E-state index >= 15 is 0 Å². The van der Waals surface area contributed by atoms with Crippen molar-refractivity contribution < 1.29 is 9.53 Å². The predicted molar refractivity (Wildman–Crippen MR) is 95.3 cm³/mol. The molecule has 0 fully saturated rings. The Kier molecular flexibility index (Phi) is 5.55. The molecule has 0 spiro atoms. The zero-order valence-corrected chi connectivity index (χ0v) is 14.2. The number of ketones is 1. The van der Waals surface area contributed by atoms with Crippen molar-refractivity contribution >= 4 is 11.9 Å². The molecule has 0 heterocycles. The van der Waals surface area contributed by atoms with Crippen LogP contribution in [0.3, 0.4) is 0 Å². The highest BCUT2D eigenvalue weighted by Crippen LogP contribution is 2.22. The van der Waals surface area contributed by atoms with Gasteiger partial charge in [0.1, 0.15) is 18.4 Å². The van der Waals surface area contributed by atoms with Crippen LogP contribution in [-0.2, 0) is 11.4 Å². The molecule has 0 aliphatic heterocycles. The zero-order valence-electron chi connectivity index (χ0n) is 14.2. The molecule has 0 unspecified atom stereocenters. The molecule has 0 aromatic heterocycles. The number of hydrogen-bond donors (Lipinski definition) is 0. The van der Waals surface area contributed by atoms with Gasteiger partial charge in [-0.3, -0.25) is 4.79 Å². The summed E-state index contributed by atoms with van der Waals surface area (Å²) in [5, 5.41) is 9.22. The van der Waals surface area contributed by atoms with Crippen molar-refractivity contribution in [2.75, 3.05) is 0 Å². The van der Waals surface area contributed by atoms with Crippen molar-refractivity contribution in [2.45, 2.75) is 27.4 Å². The lowest BCUT2D eigenvalue weighted by Gasteiger charge is -2.15. The number of ether oxygens (including phenoxy) is 1. The van der Waals surface area contributed by atoms with Crippen molar-refractivity contribution in [1.29, 1.82) is 5.26 Å². The standard InChI is InChI=1S/C21H21NO2/c1-21(2,3)20(23)18(14-22)13-16-9-11-19(12-10-16)24-15-17-7-5-4-6-8-17/h4-13H,15H2,1-3H3/b18-13-. The second kappa shape index (κ2) is 7.61. The van der Waals surface area contributed by atoms with Crippen molar-refractivity contribution in [1.82, 2.24) is 0 Å². The van der Waals surface area contributed by atoms with E-state index in [1.165, 1.54) is 0 Å². The van der Waals surface area contributed by atoms with Crippen LogP contribution in [0.1, 0.15) is 31.9 Å². The fourth-order valence-electron chi connectivity index (χ4n) is 2.12. The largest absolute Gasteiger partial charge is 0.489 e. The molecule has 2 rings (SSSR count). The molecule has 122 valence electrons. The summed E-state index contributed by atoms with van der Waals surface area (Å²) in [6.07, 6.45) is 1.62. The van der Waals surface area contributed by atoms with Gasteiger partial charge in [-0.15, -0.1) is 0 Å². The molecule has 0 atom stereocenters. The van der Waals surface area contributed by atoms with Gasteiger partial charge >= 0.3 is 0 Å². The Balaban J connectivity index is 2.07. The third-order valence-corrected chi connectivity index (χ3v) is 3.49. The van der Waals surface area contributed by atoms with Gasteiger partial charge < -0.3 is 4.74 Å². The second-order valence-electron chi connectivity index (χ2n) is 6.59. The smallest absolute Gasteiger partial charge is 0.178 e. The van der Waals surface area contributed by atoms with E-state index in [9.17, 15) is 10.1 Å². The molecule has 0 N–H and O–H groups in total. The summed E-state index contributed by atoms with van der Waals surface area (Å²) >= 11 is 0. The number of nitrogens with zero attached hydrogens (tertiary/aromatic N) is 1. The maximum Gasteiger partial charge on any atom is 0.178 e. The normalized spacial score (nSPS) is 11.7. The SMILES string of the molecule is CC(C)(C)C(=O)/C(C#N)=C\c1ccc(OCc2ccccc2)cc1. The lowest BCUT2D eigenvalue weighted by molar-refractivity contribution is -0.121.